The number of nitriles is 1. The molecule has 1 aromatic carbocycles. The first-order valence-corrected chi connectivity index (χ1v) is 5.48. The highest BCUT2D eigenvalue weighted by Gasteiger charge is 2.32. The topological polar surface area (TPSA) is 62.1 Å². The number of nitrogens with one attached hydrogen (secondary N) is 1. The summed E-state index contributed by atoms with van der Waals surface area (Å²) in [4.78, 5) is 12.0. The Bertz CT molecular complexity index is 488. The van der Waals surface area contributed by atoms with Gasteiger partial charge in [-0.3, -0.25) is 4.79 Å². The first kappa shape index (κ1) is 11.5. The zero-order valence-corrected chi connectivity index (χ0v) is 9.86. The van der Waals surface area contributed by atoms with Crippen molar-refractivity contribution >= 4 is 5.91 Å². The molecule has 4 nitrogen and oxygen atoms in total. The molecule has 2 rings (SSSR count). The van der Waals surface area contributed by atoms with E-state index in [2.05, 4.69) is 5.32 Å². The van der Waals surface area contributed by atoms with Gasteiger partial charge in [0, 0.05) is 5.56 Å². The van der Waals surface area contributed by atoms with Crippen LogP contribution in [0.25, 0.3) is 0 Å². The Hall–Kier alpha value is -2.02. The highest BCUT2D eigenvalue weighted by molar-refractivity contribution is 5.86. The van der Waals surface area contributed by atoms with E-state index in [0.29, 0.717) is 6.61 Å². The summed E-state index contributed by atoms with van der Waals surface area (Å²) in [5.74, 6) is 0.266. The molecular formula is C13H14N2O2. The maximum Gasteiger partial charge on any atom is 0.232 e. The largest absolute Gasteiger partial charge is 0.492 e. The van der Waals surface area contributed by atoms with Crippen molar-refractivity contribution in [3.63, 3.8) is 0 Å². The average Bonchev–Trinajstić information content (AvgIpc) is 2.72. The number of fused-ring (bicyclic) bond motifs is 1. The van der Waals surface area contributed by atoms with Gasteiger partial charge < -0.3 is 10.1 Å². The van der Waals surface area contributed by atoms with E-state index in [1.807, 2.05) is 30.3 Å². The molecule has 0 fully saturated rings. The van der Waals surface area contributed by atoms with Crippen molar-refractivity contribution in [3.05, 3.63) is 29.8 Å². The molecule has 1 heterocycles. The number of rotatable bonds is 2. The molecule has 0 aromatic heterocycles. The van der Waals surface area contributed by atoms with Crippen molar-refractivity contribution in [1.82, 2.24) is 5.32 Å². The van der Waals surface area contributed by atoms with E-state index in [1.54, 1.807) is 13.8 Å². The third kappa shape index (κ3) is 2.23. The molecule has 88 valence electrons. The fraction of sp³-hybridized carbons (Fsp3) is 0.385. The van der Waals surface area contributed by atoms with E-state index in [-0.39, 0.29) is 11.8 Å². The quantitative estimate of drug-likeness (QED) is 0.839. The van der Waals surface area contributed by atoms with Gasteiger partial charge in [-0.1, -0.05) is 18.2 Å². The van der Waals surface area contributed by atoms with Crippen LogP contribution < -0.4 is 10.1 Å². The van der Waals surface area contributed by atoms with Crippen LogP contribution in [0.1, 0.15) is 25.3 Å². The molecule has 0 radical (unpaired) electrons. The summed E-state index contributed by atoms with van der Waals surface area (Å²) >= 11 is 0. The van der Waals surface area contributed by atoms with Crippen LogP contribution in [-0.4, -0.2) is 18.1 Å². The molecule has 0 saturated heterocycles. The van der Waals surface area contributed by atoms with Crippen LogP contribution in [0, 0.1) is 11.3 Å². The van der Waals surface area contributed by atoms with E-state index in [4.69, 9.17) is 10.00 Å². The van der Waals surface area contributed by atoms with Gasteiger partial charge in [0.25, 0.3) is 0 Å². The minimum absolute atomic E-state index is 0.165. The van der Waals surface area contributed by atoms with E-state index >= 15 is 0 Å². The molecule has 0 saturated carbocycles. The van der Waals surface area contributed by atoms with Crippen molar-refractivity contribution < 1.29 is 9.53 Å². The van der Waals surface area contributed by atoms with Gasteiger partial charge in [-0.25, -0.2) is 0 Å². The number of nitrogens with zero attached hydrogens (tertiary/aromatic N) is 1. The second kappa shape index (κ2) is 4.10. The zero-order valence-electron chi connectivity index (χ0n) is 9.86. The first-order valence-electron chi connectivity index (χ1n) is 5.48. The number of para-hydroxylation sites is 1. The molecule has 1 unspecified atom stereocenters. The monoisotopic (exact) mass is 230 g/mol. The second-order valence-corrected chi connectivity index (χ2v) is 4.63. The van der Waals surface area contributed by atoms with Crippen LogP contribution in [0.2, 0.25) is 0 Å². The lowest BCUT2D eigenvalue weighted by Crippen LogP contribution is -2.44. The standard InChI is InChI=1S/C13H14N2O2/c1-13(2,8-14)15-12(16)10-7-17-11-6-4-3-5-9(10)11/h3-6,10H,7H2,1-2H3,(H,15,16). The maximum atomic E-state index is 12.0. The first-order chi connectivity index (χ1) is 8.03. The van der Waals surface area contributed by atoms with Crippen LogP contribution in [0.4, 0.5) is 0 Å². The number of ether oxygens (including phenoxy) is 1. The molecule has 1 aliphatic heterocycles. The molecule has 1 aromatic rings. The average molecular weight is 230 g/mol. The van der Waals surface area contributed by atoms with E-state index in [9.17, 15) is 4.79 Å². The second-order valence-electron chi connectivity index (χ2n) is 4.63. The third-order valence-corrected chi connectivity index (χ3v) is 2.73. The summed E-state index contributed by atoms with van der Waals surface area (Å²) in [5.41, 5.74) is 0.0352. The van der Waals surface area contributed by atoms with Gasteiger partial charge in [0.05, 0.1) is 6.07 Å². The summed E-state index contributed by atoms with van der Waals surface area (Å²) in [7, 11) is 0. The smallest absolute Gasteiger partial charge is 0.232 e. The molecular weight excluding hydrogens is 216 g/mol. The van der Waals surface area contributed by atoms with Gasteiger partial charge in [0.2, 0.25) is 5.91 Å². The van der Waals surface area contributed by atoms with Crippen molar-refractivity contribution in [2.24, 2.45) is 0 Å². The highest BCUT2D eigenvalue weighted by Crippen LogP contribution is 2.33. The normalized spacial score (nSPS) is 17.8. The number of amides is 1. The van der Waals surface area contributed by atoms with E-state index < -0.39 is 5.54 Å². The van der Waals surface area contributed by atoms with Crippen LogP contribution in [0.3, 0.4) is 0 Å². The lowest BCUT2D eigenvalue weighted by molar-refractivity contribution is -0.123. The minimum Gasteiger partial charge on any atom is -0.492 e. The Balaban J connectivity index is 2.16. The van der Waals surface area contributed by atoms with E-state index in [0.717, 1.165) is 11.3 Å². The van der Waals surface area contributed by atoms with Crippen LogP contribution >= 0.6 is 0 Å². The fourth-order valence-electron chi connectivity index (χ4n) is 1.80. The number of carbonyl (C=O) groups excluding carboxylic acids is 1. The number of hydrogen-bond donors (Lipinski definition) is 1. The van der Waals surface area contributed by atoms with Crippen LogP contribution in [0.5, 0.6) is 5.75 Å². The molecule has 1 aliphatic rings. The zero-order chi connectivity index (χ0) is 12.5. The Labute approximate surface area is 100 Å². The predicted molar refractivity (Wildman–Crippen MR) is 62.5 cm³/mol. The fourth-order valence-corrected chi connectivity index (χ4v) is 1.80. The SMILES string of the molecule is CC(C)(C#N)NC(=O)C1COc2ccccc21. The Kier molecular flexibility index (Phi) is 2.76. The van der Waals surface area contributed by atoms with Gasteiger partial charge in [0.15, 0.2) is 0 Å². The van der Waals surface area contributed by atoms with Gasteiger partial charge in [-0.15, -0.1) is 0 Å². The Morgan fingerprint density at radius 3 is 2.94 bits per heavy atom. The van der Waals surface area contributed by atoms with Crippen LogP contribution in [0.15, 0.2) is 24.3 Å². The molecule has 0 bridgehead atoms. The van der Waals surface area contributed by atoms with E-state index in [1.165, 1.54) is 0 Å². The highest BCUT2D eigenvalue weighted by atomic mass is 16.5. The molecule has 1 atom stereocenters. The molecule has 0 spiro atoms. The van der Waals surface area contributed by atoms with Crippen molar-refractivity contribution in [1.29, 1.82) is 5.26 Å². The van der Waals surface area contributed by atoms with Crippen molar-refractivity contribution in [2.45, 2.75) is 25.3 Å². The van der Waals surface area contributed by atoms with Gasteiger partial charge >= 0.3 is 0 Å². The molecule has 1 N–H and O–H groups in total. The minimum atomic E-state index is -0.853. The van der Waals surface area contributed by atoms with Gasteiger partial charge in [-0.05, 0) is 19.9 Å². The van der Waals surface area contributed by atoms with Crippen LogP contribution in [-0.2, 0) is 4.79 Å². The Morgan fingerprint density at radius 2 is 2.24 bits per heavy atom. The third-order valence-electron chi connectivity index (χ3n) is 2.73. The molecule has 0 aliphatic carbocycles. The summed E-state index contributed by atoms with van der Waals surface area (Å²) in [6, 6.07) is 9.52. The molecule has 4 heteroatoms. The summed E-state index contributed by atoms with van der Waals surface area (Å²) in [6.07, 6.45) is 0. The van der Waals surface area contributed by atoms with Gasteiger partial charge in [0.1, 0.15) is 23.8 Å². The summed E-state index contributed by atoms with van der Waals surface area (Å²) in [5, 5.41) is 11.6. The number of carbonyl (C=O) groups is 1. The maximum absolute atomic E-state index is 12.0. The van der Waals surface area contributed by atoms with Crippen molar-refractivity contribution in [3.8, 4) is 11.8 Å². The van der Waals surface area contributed by atoms with Crippen molar-refractivity contribution in [2.75, 3.05) is 6.61 Å². The Morgan fingerprint density at radius 1 is 1.53 bits per heavy atom. The summed E-state index contributed by atoms with van der Waals surface area (Å²) in [6.45, 7) is 3.69. The number of benzene rings is 1. The number of hydrogen-bond acceptors (Lipinski definition) is 3. The lowest BCUT2D eigenvalue weighted by atomic mass is 9.98. The lowest BCUT2D eigenvalue weighted by Gasteiger charge is -2.19. The predicted octanol–water partition coefficient (Wildman–Crippen LogP) is 1.58. The van der Waals surface area contributed by atoms with Gasteiger partial charge in [-0.2, -0.15) is 5.26 Å². The molecule has 1 amide bonds. The molecule has 17 heavy (non-hydrogen) atoms. The summed E-state index contributed by atoms with van der Waals surface area (Å²) < 4.78 is 5.44.